The number of nitrogens with zero attached hydrogens (tertiary/aromatic N) is 2. The first-order valence-electron chi connectivity index (χ1n) is 16.6. The van der Waals surface area contributed by atoms with Crippen LogP contribution in [0.15, 0.2) is 48.8 Å². The van der Waals surface area contributed by atoms with Gasteiger partial charge in [0, 0.05) is 56.2 Å². The highest BCUT2D eigenvalue weighted by Crippen LogP contribution is 2.26. The van der Waals surface area contributed by atoms with Crippen molar-refractivity contribution in [2.75, 3.05) is 33.0 Å². The van der Waals surface area contributed by atoms with Crippen molar-refractivity contribution in [1.82, 2.24) is 31.2 Å². The summed E-state index contributed by atoms with van der Waals surface area (Å²) >= 11 is 1.22. The molecule has 3 saturated heterocycles. The minimum Gasteiger partial charge on any atom is -0.445 e. The lowest BCUT2D eigenvalue weighted by molar-refractivity contribution is -0.131. The number of hydrogen-bond donors (Lipinski definition) is 4. The van der Waals surface area contributed by atoms with Crippen LogP contribution in [0.4, 0.5) is 4.79 Å². The van der Waals surface area contributed by atoms with Gasteiger partial charge >= 0.3 is 6.09 Å². The van der Waals surface area contributed by atoms with E-state index >= 15 is 0 Å². The van der Waals surface area contributed by atoms with Crippen LogP contribution in [-0.4, -0.2) is 90.7 Å². The van der Waals surface area contributed by atoms with Gasteiger partial charge in [0.05, 0.1) is 22.9 Å². The number of carbonyl (C=O) groups excluding carboxylic acids is 5. The number of fused-ring (bicyclic) bond motifs is 1. The van der Waals surface area contributed by atoms with Crippen molar-refractivity contribution in [3.8, 4) is 0 Å². The molecule has 3 fully saturated rings. The Morgan fingerprint density at radius 1 is 0.939 bits per heavy atom. The zero-order chi connectivity index (χ0) is 34.2. The molecule has 4 amide bonds. The Kier molecular flexibility index (Phi) is 11.4. The Morgan fingerprint density at radius 3 is 2.47 bits per heavy atom. The number of Topliss-reactive ketones (excluding diaryl/α,β-unsaturated/α-hetero) is 1. The first-order chi connectivity index (χ1) is 23.8. The third-order valence-corrected chi connectivity index (χ3v) is 10.2. The molecule has 0 bridgehead atoms. The van der Waals surface area contributed by atoms with Crippen LogP contribution in [0.3, 0.4) is 0 Å². The van der Waals surface area contributed by atoms with Crippen molar-refractivity contribution < 1.29 is 38.2 Å². The van der Waals surface area contributed by atoms with Crippen LogP contribution < -0.4 is 21.3 Å². The van der Waals surface area contributed by atoms with Crippen LogP contribution in [-0.2, 0) is 35.2 Å². The molecule has 3 aliphatic rings. The van der Waals surface area contributed by atoms with E-state index in [-0.39, 0.29) is 48.8 Å². The summed E-state index contributed by atoms with van der Waals surface area (Å²) in [5, 5.41) is 11.4. The number of alkyl carbamates (subject to hydrolysis) is 1. The summed E-state index contributed by atoms with van der Waals surface area (Å²) in [5.41, 5.74) is 1.35. The van der Waals surface area contributed by atoms with Crippen LogP contribution >= 0.6 is 11.3 Å². The number of carbonyl (C=O) groups is 5. The fourth-order valence-corrected chi connectivity index (χ4v) is 7.35. The van der Waals surface area contributed by atoms with E-state index < -0.39 is 47.7 Å². The highest BCUT2D eigenvalue weighted by atomic mass is 32.1. The van der Waals surface area contributed by atoms with E-state index in [1.54, 1.807) is 24.5 Å². The summed E-state index contributed by atoms with van der Waals surface area (Å²) in [6.45, 7) is 2.09. The maximum atomic E-state index is 14.1. The minimum absolute atomic E-state index is 0.0132. The van der Waals surface area contributed by atoms with Crippen molar-refractivity contribution in [2.45, 2.75) is 56.8 Å². The number of aromatic nitrogens is 2. The highest BCUT2D eigenvalue weighted by Gasteiger charge is 2.38. The monoisotopic (exact) mass is 692 g/mol. The summed E-state index contributed by atoms with van der Waals surface area (Å²) in [4.78, 5) is 75.8. The molecule has 4 N–H and O–H groups in total. The van der Waals surface area contributed by atoms with E-state index in [4.69, 9.17) is 14.2 Å². The summed E-state index contributed by atoms with van der Waals surface area (Å²) in [7, 11) is 0. The maximum Gasteiger partial charge on any atom is 0.408 e. The largest absolute Gasteiger partial charge is 0.445 e. The number of rotatable bonds is 14. The summed E-state index contributed by atoms with van der Waals surface area (Å²) in [6.07, 6.45) is 4.49. The Morgan fingerprint density at radius 2 is 1.76 bits per heavy atom. The second kappa shape index (κ2) is 16.3. The standard InChI is InChI=1S/C34H40N6O8S/c41-29(33-39-24-5-1-2-6-27(24)49-33)25(15-22-7-11-36-30(22)42)37-31(43)26(14-20-8-12-46-17-20)38-32(44)28(23-9-13-47-19-23)40-34(45)48-18-21-4-3-10-35-16-21/h1-6,10,16,20,22-23,25-26,28H,7-9,11-15,17-19H2,(H,36,42)(H,37,43)(H,38,44)(H,40,45)/t20?,22-,23+,25-,26-,28-/m0/s1. The van der Waals surface area contributed by atoms with Gasteiger partial charge in [-0.2, -0.15) is 0 Å². The van der Waals surface area contributed by atoms with Gasteiger partial charge < -0.3 is 35.5 Å². The van der Waals surface area contributed by atoms with Crippen molar-refractivity contribution in [3.63, 3.8) is 0 Å². The number of thiazole rings is 1. The SMILES string of the molecule is O=C(N[C@H](C(=O)N[C@@H](CC1CCOC1)C(=O)N[C@@H](C[C@@H]1CCNC1=O)C(=O)c1nc2ccccc2s1)[C@@H]1CCOC1)OCc1cccnc1. The number of hydrogen-bond acceptors (Lipinski definition) is 11. The van der Waals surface area contributed by atoms with Gasteiger partial charge in [0.2, 0.25) is 23.5 Å². The van der Waals surface area contributed by atoms with E-state index in [9.17, 15) is 24.0 Å². The van der Waals surface area contributed by atoms with Gasteiger partial charge in [0.15, 0.2) is 5.01 Å². The van der Waals surface area contributed by atoms with Gasteiger partial charge in [-0.3, -0.25) is 24.2 Å². The maximum absolute atomic E-state index is 14.1. The van der Waals surface area contributed by atoms with Gasteiger partial charge in [-0.15, -0.1) is 11.3 Å². The topological polar surface area (TPSA) is 187 Å². The molecule has 0 spiro atoms. The lowest BCUT2D eigenvalue weighted by Gasteiger charge is -2.28. The predicted octanol–water partition coefficient (Wildman–Crippen LogP) is 2.13. The summed E-state index contributed by atoms with van der Waals surface area (Å²) in [5.74, 6) is -2.54. The van der Waals surface area contributed by atoms with Crippen LogP contribution in [0.1, 0.15) is 47.5 Å². The fraction of sp³-hybridized carbons (Fsp3) is 0.500. The smallest absolute Gasteiger partial charge is 0.408 e. The van der Waals surface area contributed by atoms with E-state index in [1.807, 2.05) is 24.3 Å². The zero-order valence-corrected chi connectivity index (χ0v) is 27.7. The number of pyridine rings is 1. The minimum atomic E-state index is -1.06. The number of para-hydroxylation sites is 1. The molecule has 6 rings (SSSR count). The molecule has 0 saturated carbocycles. The molecule has 15 heteroatoms. The molecule has 0 aliphatic carbocycles. The average molecular weight is 693 g/mol. The van der Waals surface area contributed by atoms with E-state index in [0.29, 0.717) is 56.7 Å². The first kappa shape index (κ1) is 34.4. The lowest BCUT2D eigenvalue weighted by atomic mass is 9.93. The highest BCUT2D eigenvalue weighted by molar-refractivity contribution is 7.20. The number of amides is 4. The van der Waals surface area contributed by atoms with Crippen molar-refractivity contribution in [2.24, 2.45) is 17.8 Å². The first-order valence-corrected chi connectivity index (χ1v) is 17.4. The Balaban J connectivity index is 1.19. The molecule has 49 heavy (non-hydrogen) atoms. The normalized spacial score (nSPS) is 22.2. The molecule has 260 valence electrons. The van der Waals surface area contributed by atoms with Gasteiger partial charge in [-0.1, -0.05) is 18.2 Å². The van der Waals surface area contributed by atoms with Gasteiger partial charge in [0.1, 0.15) is 18.7 Å². The fourth-order valence-electron chi connectivity index (χ4n) is 6.39. The predicted molar refractivity (Wildman–Crippen MR) is 177 cm³/mol. The van der Waals surface area contributed by atoms with Gasteiger partial charge in [0.25, 0.3) is 0 Å². The van der Waals surface area contributed by atoms with Crippen LogP contribution in [0.2, 0.25) is 0 Å². The molecule has 3 aliphatic heterocycles. The van der Waals surface area contributed by atoms with Crippen molar-refractivity contribution in [3.05, 3.63) is 59.4 Å². The molecule has 3 aromatic rings. The number of benzene rings is 1. The number of ether oxygens (including phenoxy) is 3. The summed E-state index contributed by atoms with van der Waals surface area (Å²) < 4.78 is 17.3. The number of nitrogens with one attached hydrogen (secondary N) is 4. The quantitative estimate of drug-likeness (QED) is 0.182. The zero-order valence-electron chi connectivity index (χ0n) is 26.9. The lowest BCUT2D eigenvalue weighted by Crippen LogP contribution is -2.58. The molecule has 6 atom stereocenters. The van der Waals surface area contributed by atoms with Crippen molar-refractivity contribution in [1.29, 1.82) is 0 Å². The summed E-state index contributed by atoms with van der Waals surface area (Å²) in [6, 6.07) is 7.70. The molecule has 14 nitrogen and oxygen atoms in total. The molecule has 1 aromatic carbocycles. The molecular weight excluding hydrogens is 652 g/mol. The Labute approximate surface area is 287 Å². The molecule has 2 aromatic heterocycles. The van der Waals surface area contributed by atoms with Gasteiger partial charge in [-0.25, -0.2) is 9.78 Å². The molecular formula is C34H40N6O8S. The Bertz CT molecular complexity index is 1610. The average Bonchev–Trinajstić information content (AvgIpc) is 3.95. The molecule has 0 radical (unpaired) electrons. The third-order valence-electron chi connectivity index (χ3n) is 9.13. The Hall–Kier alpha value is -4.47. The van der Waals surface area contributed by atoms with Crippen molar-refractivity contribution >= 4 is 51.2 Å². The molecule has 1 unspecified atom stereocenters. The van der Waals surface area contributed by atoms with Gasteiger partial charge in [-0.05, 0) is 56.2 Å². The van der Waals surface area contributed by atoms with E-state index in [1.165, 1.54) is 11.3 Å². The third kappa shape index (κ3) is 8.96. The molecule has 5 heterocycles. The second-order valence-corrected chi connectivity index (χ2v) is 13.7. The van der Waals surface area contributed by atoms with E-state index in [0.717, 1.165) is 4.70 Å². The number of ketones is 1. The van der Waals surface area contributed by atoms with Crippen LogP contribution in [0, 0.1) is 17.8 Å². The second-order valence-electron chi connectivity index (χ2n) is 12.6. The van der Waals surface area contributed by atoms with Crippen LogP contribution in [0.25, 0.3) is 10.2 Å². The van der Waals surface area contributed by atoms with E-state index in [2.05, 4.69) is 31.2 Å². The van der Waals surface area contributed by atoms with Crippen LogP contribution in [0.5, 0.6) is 0 Å².